The van der Waals surface area contributed by atoms with E-state index in [2.05, 4.69) is 4.99 Å². The molecule has 0 saturated heterocycles. The zero-order valence-electron chi connectivity index (χ0n) is 20.4. The largest absolute Gasteiger partial charge is 0.502 e. The van der Waals surface area contributed by atoms with Gasteiger partial charge in [0, 0.05) is 6.07 Å². The van der Waals surface area contributed by atoms with Crippen LogP contribution in [0.3, 0.4) is 0 Å². The summed E-state index contributed by atoms with van der Waals surface area (Å²) in [5, 5.41) is 21.0. The normalized spacial score (nSPS) is 15.1. The lowest BCUT2D eigenvalue weighted by molar-refractivity contribution is -0.385. The molecule has 2 aromatic carbocycles. The van der Waals surface area contributed by atoms with Crippen molar-refractivity contribution in [1.82, 2.24) is 4.57 Å². The fourth-order valence-electron chi connectivity index (χ4n) is 4.06. The summed E-state index contributed by atoms with van der Waals surface area (Å²) in [6.45, 7) is 3.49. The maximum atomic E-state index is 13.7. The highest BCUT2D eigenvalue weighted by atomic mass is 32.1. The third-order valence-corrected chi connectivity index (χ3v) is 6.72. The molecule has 2 heterocycles. The number of carbonyl (C=O) groups is 1. The Labute approximate surface area is 214 Å². The molecule has 3 aromatic rings. The molecule has 0 fully saturated rings. The van der Waals surface area contributed by atoms with Gasteiger partial charge in [-0.25, -0.2) is 9.79 Å². The molecule has 0 aliphatic carbocycles. The van der Waals surface area contributed by atoms with Gasteiger partial charge in [0.1, 0.15) is 0 Å². The highest BCUT2D eigenvalue weighted by molar-refractivity contribution is 7.07. The van der Waals surface area contributed by atoms with E-state index in [1.54, 1.807) is 32.0 Å². The molecule has 0 radical (unpaired) electrons. The van der Waals surface area contributed by atoms with E-state index < -0.39 is 33.9 Å². The molecule has 11 nitrogen and oxygen atoms in total. The molecule has 0 amide bonds. The molecule has 37 heavy (non-hydrogen) atoms. The summed E-state index contributed by atoms with van der Waals surface area (Å²) in [5.41, 5.74) is 0.583. The topological polar surface area (TPSA) is 142 Å². The summed E-state index contributed by atoms with van der Waals surface area (Å²) in [5.74, 6) is -0.193. The SMILES string of the molecule is CCOC(=O)C1=C(C)N=c2s/c(=C\c3ccc(O)c([N+](=O)[O-])c3)c(=O)n2[C@H]1c1ccc(OC)c(OC)c1. The van der Waals surface area contributed by atoms with Gasteiger partial charge in [0.15, 0.2) is 22.0 Å². The monoisotopic (exact) mass is 525 g/mol. The van der Waals surface area contributed by atoms with Crippen LogP contribution in [0.5, 0.6) is 17.2 Å². The van der Waals surface area contributed by atoms with E-state index in [1.807, 2.05) is 0 Å². The number of allylic oxidation sites excluding steroid dienone is 1. The zero-order valence-corrected chi connectivity index (χ0v) is 21.2. The van der Waals surface area contributed by atoms with Crippen LogP contribution < -0.4 is 24.4 Å². The van der Waals surface area contributed by atoms with Crippen LogP contribution in [-0.2, 0) is 9.53 Å². The van der Waals surface area contributed by atoms with Gasteiger partial charge in [0.25, 0.3) is 5.56 Å². The van der Waals surface area contributed by atoms with E-state index in [0.717, 1.165) is 11.3 Å². The Bertz CT molecular complexity index is 1620. The lowest BCUT2D eigenvalue weighted by atomic mass is 9.95. The minimum Gasteiger partial charge on any atom is -0.502 e. The second-order valence-electron chi connectivity index (χ2n) is 7.92. The maximum absolute atomic E-state index is 13.7. The average molecular weight is 526 g/mol. The molecule has 0 saturated carbocycles. The van der Waals surface area contributed by atoms with Crippen LogP contribution in [-0.4, -0.2) is 41.4 Å². The molecule has 1 N–H and O–H groups in total. The van der Waals surface area contributed by atoms with Crippen LogP contribution in [0.1, 0.15) is 31.0 Å². The molecule has 1 atom stereocenters. The maximum Gasteiger partial charge on any atom is 0.338 e. The number of nitrogens with zero attached hydrogens (tertiary/aromatic N) is 3. The van der Waals surface area contributed by atoms with Crippen molar-refractivity contribution in [2.75, 3.05) is 20.8 Å². The third kappa shape index (κ3) is 4.70. The first-order valence-corrected chi connectivity index (χ1v) is 11.9. The first-order valence-electron chi connectivity index (χ1n) is 11.1. The Hall–Kier alpha value is -4.45. The Balaban J connectivity index is 1.96. The second kappa shape index (κ2) is 10.3. The second-order valence-corrected chi connectivity index (χ2v) is 8.93. The Morgan fingerprint density at radius 3 is 2.59 bits per heavy atom. The van der Waals surface area contributed by atoms with Crippen LogP contribution in [0.2, 0.25) is 0 Å². The number of esters is 1. The molecular weight excluding hydrogens is 502 g/mol. The van der Waals surface area contributed by atoms with Crippen molar-refractivity contribution in [2.24, 2.45) is 4.99 Å². The first-order chi connectivity index (χ1) is 17.7. The van der Waals surface area contributed by atoms with Crippen LogP contribution >= 0.6 is 11.3 Å². The molecule has 12 heteroatoms. The van der Waals surface area contributed by atoms with Gasteiger partial charge >= 0.3 is 11.7 Å². The lowest BCUT2D eigenvalue weighted by Gasteiger charge is -2.25. The summed E-state index contributed by atoms with van der Waals surface area (Å²) in [6, 6.07) is 8.04. The van der Waals surface area contributed by atoms with Crippen molar-refractivity contribution in [3.8, 4) is 17.2 Å². The van der Waals surface area contributed by atoms with Crippen LogP contribution in [0.15, 0.2) is 57.5 Å². The van der Waals surface area contributed by atoms with Crippen molar-refractivity contribution >= 4 is 29.1 Å². The predicted octanol–water partition coefficient (Wildman–Crippen LogP) is 2.43. The number of methoxy groups -OCH3 is 2. The number of nitro benzene ring substituents is 1. The average Bonchev–Trinajstić information content (AvgIpc) is 3.17. The van der Waals surface area contributed by atoms with Gasteiger partial charge in [-0.15, -0.1) is 0 Å². The minimum absolute atomic E-state index is 0.137. The number of rotatable bonds is 7. The van der Waals surface area contributed by atoms with Gasteiger partial charge in [-0.05, 0) is 49.2 Å². The number of aromatic nitrogens is 1. The van der Waals surface area contributed by atoms with Gasteiger partial charge in [-0.2, -0.15) is 0 Å². The summed E-state index contributed by atoms with van der Waals surface area (Å²) >= 11 is 1.08. The van der Waals surface area contributed by atoms with Crippen molar-refractivity contribution in [3.63, 3.8) is 0 Å². The molecule has 0 bridgehead atoms. The summed E-state index contributed by atoms with van der Waals surface area (Å²) in [7, 11) is 2.99. The summed E-state index contributed by atoms with van der Waals surface area (Å²) < 4.78 is 17.7. The molecule has 4 rings (SSSR count). The smallest absolute Gasteiger partial charge is 0.338 e. The van der Waals surface area contributed by atoms with Crippen LogP contribution in [0.4, 0.5) is 5.69 Å². The molecule has 0 unspecified atom stereocenters. The molecular formula is C25H23N3O8S. The number of carbonyl (C=O) groups excluding carboxylic acids is 1. The van der Waals surface area contributed by atoms with E-state index >= 15 is 0 Å². The van der Waals surface area contributed by atoms with Gasteiger partial charge in [0.2, 0.25) is 0 Å². The number of hydrogen-bond acceptors (Lipinski definition) is 10. The molecule has 1 aromatic heterocycles. The molecule has 1 aliphatic heterocycles. The number of thiazole rings is 1. The minimum atomic E-state index is -0.869. The van der Waals surface area contributed by atoms with Gasteiger partial charge in [-0.3, -0.25) is 19.5 Å². The third-order valence-electron chi connectivity index (χ3n) is 5.73. The number of benzene rings is 2. The fourth-order valence-corrected chi connectivity index (χ4v) is 5.10. The number of hydrogen-bond donors (Lipinski definition) is 1. The van der Waals surface area contributed by atoms with Gasteiger partial charge < -0.3 is 19.3 Å². The Morgan fingerprint density at radius 2 is 1.95 bits per heavy atom. The lowest BCUT2D eigenvalue weighted by Crippen LogP contribution is -2.39. The van der Waals surface area contributed by atoms with Crippen molar-refractivity contribution < 1.29 is 29.0 Å². The predicted molar refractivity (Wildman–Crippen MR) is 135 cm³/mol. The number of aromatic hydroxyl groups is 1. The van der Waals surface area contributed by atoms with Crippen molar-refractivity contribution in [2.45, 2.75) is 19.9 Å². The number of nitro groups is 1. The Kier molecular flexibility index (Phi) is 7.11. The fraction of sp³-hybridized carbons (Fsp3) is 0.240. The molecule has 1 aliphatic rings. The van der Waals surface area contributed by atoms with Crippen molar-refractivity contribution in [3.05, 3.63) is 88.6 Å². The van der Waals surface area contributed by atoms with E-state index in [-0.39, 0.29) is 16.7 Å². The van der Waals surface area contributed by atoms with Crippen LogP contribution in [0.25, 0.3) is 6.08 Å². The van der Waals surface area contributed by atoms with E-state index in [1.165, 1.54) is 43.1 Å². The highest BCUT2D eigenvalue weighted by Gasteiger charge is 2.34. The number of ether oxygens (including phenoxy) is 3. The quantitative estimate of drug-likeness (QED) is 0.282. The van der Waals surface area contributed by atoms with Crippen molar-refractivity contribution in [1.29, 1.82) is 0 Å². The van der Waals surface area contributed by atoms with E-state index in [0.29, 0.717) is 33.1 Å². The number of phenols is 1. The zero-order chi connectivity index (χ0) is 26.9. The van der Waals surface area contributed by atoms with Gasteiger partial charge in [0.05, 0.1) is 47.6 Å². The highest BCUT2D eigenvalue weighted by Crippen LogP contribution is 2.36. The van der Waals surface area contributed by atoms with E-state index in [4.69, 9.17) is 14.2 Å². The number of fused-ring (bicyclic) bond motifs is 1. The van der Waals surface area contributed by atoms with Crippen LogP contribution in [0, 0.1) is 10.1 Å². The number of phenolic OH excluding ortho intramolecular Hbond substituents is 1. The van der Waals surface area contributed by atoms with E-state index in [9.17, 15) is 24.8 Å². The summed E-state index contributed by atoms with van der Waals surface area (Å²) in [6.07, 6.45) is 1.48. The molecule has 192 valence electrons. The first kappa shape index (κ1) is 25.6. The summed E-state index contributed by atoms with van der Waals surface area (Å²) in [4.78, 5) is 42.0. The standard InChI is InChI=1S/C25H23N3O8S/c1-5-36-24(31)21-13(2)26-25-27(22(21)15-7-9-18(34-3)19(12-15)35-4)23(30)20(37-25)11-14-6-8-17(29)16(10-14)28(32)33/h6-12,22,29H,5H2,1-4H3/b20-11-/t22-/m0/s1. The van der Waals surface area contributed by atoms with Gasteiger partial charge in [-0.1, -0.05) is 23.5 Å². The Morgan fingerprint density at radius 1 is 1.22 bits per heavy atom. The molecule has 0 spiro atoms.